The smallest absolute Gasteiger partial charge is 0.0614 e. The van der Waals surface area contributed by atoms with Crippen LogP contribution in [0.4, 0.5) is 0 Å². The summed E-state index contributed by atoms with van der Waals surface area (Å²) < 4.78 is 0. The third-order valence-corrected chi connectivity index (χ3v) is 3.00. The molecule has 0 radical (unpaired) electrons. The van der Waals surface area contributed by atoms with Gasteiger partial charge >= 0.3 is 0 Å². The van der Waals surface area contributed by atoms with Crippen molar-refractivity contribution in [1.29, 1.82) is 0 Å². The molecule has 0 spiro atoms. The van der Waals surface area contributed by atoms with Gasteiger partial charge in [0.25, 0.3) is 0 Å². The van der Waals surface area contributed by atoms with Crippen LogP contribution >= 0.6 is 0 Å². The van der Waals surface area contributed by atoms with Crippen molar-refractivity contribution < 1.29 is 5.11 Å². The quantitative estimate of drug-likeness (QED) is 0.697. The Hall–Kier alpha value is -0.0400. The lowest BCUT2D eigenvalue weighted by Crippen LogP contribution is -2.35. The molecule has 80 valence electrons. The van der Waals surface area contributed by atoms with Crippen LogP contribution in [-0.2, 0) is 0 Å². The Kier molecular flexibility index (Phi) is 4.98. The maximum atomic E-state index is 10.00. The van der Waals surface area contributed by atoms with E-state index in [2.05, 4.69) is 41.5 Å². The predicted molar refractivity (Wildman–Crippen MR) is 58.7 cm³/mol. The van der Waals surface area contributed by atoms with Gasteiger partial charge < -0.3 is 5.11 Å². The summed E-state index contributed by atoms with van der Waals surface area (Å²) in [4.78, 5) is 0. The highest BCUT2D eigenvalue weighted by Crippen LogP contribution is 2.33. The maximum Gasteiger partial charge on any atom is 0.0614 e. The number of rotatable bonds is 5. The molecular formula is C12H26O. The average Bonchev–Trinajstić information content (AvgIpc) is 2.01. The van der Waals surface area contributed by atoms with Gasteiger partial charge in [-0.3, -0.25) is 0 Å². The predicted octanol–water partition coefficient (Wildman–Crippen LogP) is 3.47. The molecule has 0 amide bonds. The summed E-state index contributed by atoms with van der Waals surface area (Å²) in [7, 11) is 0. The molecular weight excluding hydrogens is 160 g/mol. The summed E-state index contributed by atoms with van der Waals surface area (Å²) in [5.41, 5.74) is 0.0591. The maximum absolute atomic E-state index is 10.00. The Bertz CT molecular complexity index is 138. The van der Waals surface area contributed by atoms with Gasteiger partial charge in [0.15, 0.2) is 0 Å². The number of aliphatic hydroxyl groups is 1. The van der Waals surface area contributed by atoms with Crippen LogP contribution in [0, 0.1) is 17.3 Å². The van der Waals surface area contributed by atoms with Crippen LogP contribution in [0.25, 0.3) is 0 Å². The lowest BCUT2D eigenvalue weighted by atomic mass is 9.74. The summed E-state index contributed by atoms with van der Waals surface area (Å²) >= 11 is 0. The fraction of sp³-hybridized carbons (Fsp3) is 1.00. The van der Waals surface area contributed by atoms with Crippen LogP contribution in [0.5, 0.6) is 0 Å². The molecule has 1 nitrogen and oxygen atoms in total. The van der Waals surface area contributed by atoms with Gasteiger partial charge in [-0.25, -0.2) is 0 Å². The standard InChI is InChI=1S/C12H26O/c1-7-10(4)8-12(5,6)11(13)9(2)3/h9-11,13H,7-8H2,1-6H3. The second-order valence-corrected chi connectivity index (χ2v) is 5.39. The zero-order chi connectivity index (χ0) is 10.6. The van der Waals surface area contributed by atoms with E-state index in [1.54, 1.807) is 0 Å². The first-order valence-electron chi connectivity index (χ1n) is 5.49. The van der Waals surface area contributed by atoms with E-state index < -0.39 is 0 Å². The van der Waals surface area contributed by atoms with Gasteiger partial charge in [0, 0.05) is 0 Å². The van der Waals surface area contributed by atoms with Crippen LogP contribution in [0.15, 0.2) is 0 Å². The Morgan fingerprint density at radius 2 is 1.62 bits per heavy atom. The van der Waals surface area contributed by atoms with Crippen LogP contribution in [0.3, 0.4) is 0 Å². The largest absolute Gasteiger partial charge is 0.392 e. The summed E-state index contributed by atoms with van der Waals surface area (Å²) in [5.74, 6) is 1.07. The second kappa shape index (κ2) is 4.99. The number of hydrogen-bond acceptors (Lipinski definition) is 1. The molecule has 0 saturated heterocycles. The van der Waals surface area contributed by atoms with E-state index in [1.807, 2.05) is 0 Å². The van der Waals surface area contributed by atoms with Crippen molar-refractivity contribution in [3.05, 3.63) is 0 Å². The van der Waals surface area contributed by atoms with Crippen molar-refractivity contribution in [2.75, 3.05) is 0 Å². The highest BCUT2D eigenvalue weighted by atomic mass is 16.3. The molecule has 0 aromatic rings. The minimum Gasteiger partial charge on any atom is -0.392 e. The molecule has 0 heterocycles. The number of hydrogen-bond donors (Lipinski definition) is 1. The molecule has 0 aliphatic heterocycles. The van der Waals surface area contributed by atoms with E-state index in [0.29, 0.717) is 11.8 Å². The van der Waals surface area contributed by atoms with Crippen molar-refractivity contribution in [1.82, 2.24) is 0 Å². The Morgan fingerprint density at radius 1 is 1.15 bits per heavy atom. The van der Waals surface area contributed by atoms with Crippen molar-refractivity contribution >= 4 is 0 Å². The molecule has 1 heteroatoms. The van der Waals surface area contributed by atoms with E-state index >= 15 is 0 Å². The fourth-order valence-electron chi connectivity index (χ4n) is 2.07. The summed E-state index contributed by atoms with van der Waals surface area (Å²) in [6.45, 7) is 13.0. The minimum atomic E-state index is -0.179. The molecule has 0 aromatic carbocycles. The Balaban J connectivity index is 4.21. The van der Waals surface area contributed by atoms with E-state index in [9.17, 15) is 5.11 Å². The zero-order valence-corrected chi connectivity index (χ0v) is 10.1. The molecule has 1 N–H and O–H groups in total. The molecule has 0 aliphatic rings. The van der Waals surface area contributed by atoms with Crippen LogP contribution in [0.2, 0.25) is 0 Å². The van der Waals surface area contributed by atoms with Crippen molar-refractivity contribution in [2.45, 2.75) is 60.5 Å². The van der Waals surface area contributed by atoms with E-state index in [-0.39, 0.29) is 11.5 Å². The third-order valence-electron chi connectivity index (χ3n) is 3.00. The summed E-state index contributed by atoms with van der Waals surface area (Å²) in [5, 5.41) is 10.00. The van der Waals surface area contributed by atoms with E-state index in [4.69, 9.17) is 0 Å². The van der Waals surface area contributed by atoms with Gasteiger partial charge in [-0.15, -0.1) is 0 Å². The normalized spacial score (nSPS) is 17.5. The van der Waals surface area contributed by atoms with Crippen LogP contribution in [-0.4, -0.2) is 11.2 Å². The molecule has 0 aliphatic carbocycles. The van der Waals surface area contributed by atoms with Gasteiger partial charge in [0.2, 0.25) is 0 Å². The Morgan fingerprint density at radius 3 is 1.92 bits per heavy atom. The topological polar surface area (TPSA) is 20.2 Å². The lowest BCUT2D eigenvalue weighted by molar-refractivity contribution is -0.000540. The van der Waals surface area contributed by atoms with Crippen molar-refractivity contribution in [2.24, 2.45) is 17.3 Å². The van der Waals surface area contributed by atoms with Gasteiger partial charge in [0.05, 0.1) is 6.10 Å². The van der Waals surface area contributed by atoms with Gasteiger partial charge in [-0.05, 0) is 23.7 Å². The summed E-state index contributed by atoms with van der Waals surface area (Å²) in [6, 6.07) is 0. The molecule has 0 rings (SSSR count). The van der Waals surface area contributed by atoms with Crippen molar-refractivity contribution in [3.63, 3.8) is 0 Å². The SMILES string of the molecule is CCC(C)CC(C)(C)C(O)C(C)C. The highest BCUT2D eigenvalue weighted by Gasteiger charge is 2.30. The fourth-order valence-corrected chi connectivity index (χ4v) is 2.07. The molecule has 13 heavy (non-hydrogen) atoms. The first-order chi connectivity index (χ1) is 5.81. The molecule has 0 aromatic heterocycles. The molecule has 2 atom stereocenters. The van der Waals surface area contributed by atoms with Crippen LogP contribution < -0.4 is 0 Å². The third kappa shape index (κ3) is 4.12. The van der Waals surface area contributed by atoms with Gasteiger partial charge in [0.1, 0.15) is 0 Å². The monoisotopic (exact) mass is 186 g/mol. The van der Waals surface area contributed by atoms with Gasteiger partial charge in [-0.2, -0.15) is 0 Å². The second-order valence-electron chi connectivity index (χ2n) is 5.39. The minimum absolute atomic E-state index is 0.0591. The Labute approximate surface area is 83.5 Å². The molecule has 2 unspecified atom stereocenters. The van der Waals surface area contributed by atoms with Crippen molar-refractivity contribution in [3.8, 4) is 0 Å². The van der Waals surface area contributed by atoms with Crippen LogP contribution in [0.1, 0.15) is 54.4 Å². The first kappa shape index (κ1) is 13.0. The molecule has 0 saturated carbocycles. The molecule has 0 bridgehead atoms. The summed E-state index contributed by atoms with van der Waals surface area (Å²) in [6.07, 6.45) is 2.14. The lowest BCUT2D eigenvalue weighted by Gasteiger charge is -2.35. The highest BCUT2D eigenvalue weighted by molar-refractivity contribution is 4.81. The van der Waals surface area contributed by atoms with Gasteiger partial charge in [-0.1, -0.05) is 48.0 Å². The van der Waals surface area contributed by atoms with E-state index in [0.717, 1.165) is 6.42 Å². The average molecular weight is 186 g/mol. The first-order valence-corrected chi connectivity index (χ1v) is 5.49. The number of aliphatic hydroxyl groups excluding tert-OH is 1. The molecule has 0 fully saturated rings. The van der Waals surface area contributed by atoms with E-state index in [1.165, 1.54) is 6.42 Å². The zero-order valence-electron chi connectivity index (χ0n) is 10.1.